The van der Waals surface area contributed by atoms with Gasteiger partial charge < -0.3 is 19.6 Å². The Hall–Kier alpha value is -2.67. The number of amides is 1. The van der Waals surface area contributed by atoms with Crippen LogP contribution in [0, 0.1) is 5.82 Å². The van der Waals surface area contributed by atoms with Crippen LogP contribution in [0.15, 0.2) is 40.8 Å². The van der Waals surface area contributed by atoms with E-state index in [1.54, 1.807) is 30.3 Å². The predicted octanol–water partition coefficient (Wildman–Crippen LogP) is 3.79. The lowest BCUT2D eigenvalue weighted by molar-refractivity contribution is -0.142. The number of benzene rings is 1. The highest BCUT2D eigenvalue weighted by atomic mass is 19.1. The van der Waals surface area contributed by atoms with Crippen molar-refractivity contribution in [3.05, 3.63) is 48.0 Å². The Morgan fingerprint density at radius 3 is 2.57 bits per heavy atom. The zero-order valence-corrected chi connectivity index (χ0v) is 16.3. The molecular formula is C21H26FNO5. The highest BCUT2D eigenvalue weighted by molar-refractivity contribution is 5.83. The van der Waals surface area contributed by atoms with E-state index in [-0.39, 0.29) is 37.3 Å². The van der Waals surface area contributed by atoms with Crippen molar-refractivity contribution in [1.82, 2.24) is 5.32 Å². The van der Waals surface area contributed by atoms with E-state index in [1.165, 1.54) is 6.07 Å². The summed E-state index contributed by atoms with van der Waals surface area (Å²) in [4.78, 5) is 23.4. The molecule has 1 heterocycles. The van der Waals surface area contributed by atoms with E-state index >= 15 is 0 Å². The van der Waals surface area contributed by atoms with Crippen molar-refractivity contribution < 1.29 is 28.2 Å². The number of carboxylic acids is 1. The van der Waals surface area contributed by atoms with Gasteiger partial charge >= 0.3 is 5.97 Å². The molecule has 1 aromatic carbocycles. The average molecular weight is 391 g/mol. The Morgan fingerprint density at radius 2 is 1.93 bits per heavy atom. The van der Waals surface area contributed by atoms with Crippen LogP contribution < -0.4 is 5.32 Å². The Labute approximate surface area is 163 Å². The molecule has 1 aromatic heterocycles. The van der Waals surface area contributed by atoms with Crippen LogP contribution in [-0.2, 0) is 20.7 Å². The SMILES string of the molecule is CC(C)(C)OCCC(NC(=O)CCc1ccc(-c2ccccc2F)o1)C(=O)O. The van der Waals surface area contributed by atoms with Crippen molar-refractivity contribution in [2.45, 2.75) is 51.7 Å². The summed E-state index contributed by atoms with van der Waals surface area (Å²) in [5, 5.41) is 11.8. The molecule has 2 aromatic rings. The second-order valence-corrected chi connectivity index (χ2v) is 7.45. The van der Waals surface area contributed by atoms with Gasteiger partial charge in [0.1, 0.15) is 23.4 Å². The Bertz CT molecular complexity index is 809. The normalized spacial score (nSPS) is 12.6. The van der Waals surface area contributed by atoms with Gasteiger partial charge in [-0.2, -0.15) is 0 Å². The Balaban J connectivity index is 1.86. The molecule has 0 fully saturated rings. The molecule has 28 heavy (non-hydrogen) atoms. The van der Waals surface area contributed by atoms with Crippen LogP contribution in [0.2, 0.25) is 0 Å². The summed E-state index contributed by atoms with van der Waals surface area (Å²) in [6, 6.07) is 8.58. The predicted molar refractivity (Wildman–Crippen MR) is 102 cm³/mol. The molecule has 2 N–H and O–H groups in total. The molecule has 1 amide bonds. The lowest BCUT2D eigenvalue weighted by Gasteiger charge is -2.21. The first-order valence-corrected chi connectivity index (χ1v) is 9.15. The minimum absolute atomic E-state index is 0.0636. The number of aryl methyl sites for hydroxylation is 1. The van der Waals surface area contributed by atoms with E-state index in [0.717, 1.165) is 0 Å². The molecule has 0 saturated heterocycles. The summed E-state index contributed by atoms with van der Waals surface area (Å²) in [6.45, 7) is 5.85. The number of aliphatic carboxylic acids is 1. The van der Waals surface area contributed by atoms with Gasteiger partial charge in [0.2, 0.25) is 5.91 Å². The zero-order chi connectivity index (χ0) is 20.7. The first-order chi connectivity index (χ1) is 13.2. The number of rotatable bonds is 9. The number of carboxylic acid groups (broad SMARTS) is 1. The van der Waals surface area contributed by atoms with Crippen LogP contribution in [0.4, 0.5) is 4.39 Å². The molecule has 0 radical (unpaired) electrons. The number of carbonyl (C=O) groups excluding carboxylic acids is 1. The molecule has 1 atom stereocenters. The smallest absolute Gasteiger partial charge is 0.326 e. The van der Waals surface area contributed by atoms with Crippen LogP contribution >= 0.6 is 0 Å². The van der Waals surface area contributed by atoms with Gasteiger partial charge in [0.15, 0.2) is 0 Å². The molecule has 1 unspecified atom stereocenters. The zero-order valence-electron chi connectivity index (χ0n) is 16.3. The maximum atomic E-state index is 13.8. The van der Waals surface area contributed by atoms with Crippen molar-refractivity contribution in [1.29, 1.82) is 0 Å². The summed E-state index contributed by atoms with van der Waals surface area (Å²) in [6.07, 6.45) is 0.524. The van der Waals surface area contributed by atoms with Gasteiger partial charge in [-0.1, -0.05) is 12.1 Å². The standard InChI is InChI=1S/C21H26FNO5/c1-21(2,3)27-13-12-17(20(25)26)23-19(24)11-9-14-8-10-18(28-14)15-6-4-5-7-16(15)22/h4-8,10,17H,9,11-13H2,1-3H3,(H,23,24)(H,25,26). The molecule has 0 saturated carbocycles. The van der Waals surface area contributed by atoms with Crippen molar-refractivity contribution in [3.63, 3.8) is 0 Å². The van der Waals surface area contributed by atoms with Crippen LogP contribution in [0.25, 0.3) is 11.3 Å². The minimum Gasteiger partial charge on any atom is -0.480 e. The van der Waals surface area contributed by atoms with Gasteiger partial charge in [0.05, 0.1) is 11.2 Å². The molecule has 2 rings (SSSR count). The van der Waals surface area contributed by atoms with E-state index in [2.05, 4.69) is 5.32 Å². The van der Waals surface area contributed by atoms with Crippen LogP contribution in [0.1, 0.15) is 39.4 Å². The molecule has 0 aliphatic rings. The molecule has 0 aliphatic carbocycles. The van der Waals surface area contributed by atoms with Crippen molar-refractivity contribution in [2.75, 3.05) is 6.61 Å². The van der Waals surface area contributed by atoms with Crippen LogP contribution in [0.3, 0.4) is 0 Å². The van der Waals surface area contributed by atoms with E-state index in [0.29, 0.717) is 17.1 Å². The first-order valence-electron chi connectivity index (χ1n) is 9.15. The summed E-state index contributed by atoms with van der Waals surface area (Å²) in [5.74, 6) is -0.979. The van der Waals surface area contributed by atoms with E-state index in [9.17, 15) is 19.1 Å². The third-order valence-corrected chi connectivity index (χ3v) is 3.97. The van der Waals surface area contributed by atoms with E-state index in [1.807, 2.05) is 20.8 Å². The van der Waals surface area contributed by atoms with Gasteiger partial charge in [0.25, 0.3) is 0 Å². The van der Waals surface area contributed by atoms with E-state index in [4.69, 9.17) is 9.15 Å². The van der Waals surface area contributed by atoms with Gasteiger partial charge in [0, 0.05) is 25.9 Å². The monoisotopic (exact) mass is 391 g/mol. The maximum absolute atomic E-state index is 13.8. The average Bonchev–Trinajstić information content (AvgIpc) is 3.07. The number of hydrogen-bond donors (Lipinski definition) is 2. The summed E-state index contributed by atoms with van der Waals surface area (Å²) >= 11 is 0. The quantitative estimate of drug-likeness (QED) is 0.679. The molecular weight excluding hydrogens is 365 g/mol. The maximum Gasteiger partial charge on any atom is 0.326 e. The second-order valence-electron chi connectivity index (χ2n) is 7.45. The van der Waals surface area contributed by atoms with Crippen molar-refractivity contribution in [3.8, 4) is 11.3 Å². The van der Waals surface area contributed by atoms with Gasteiger partial charge in [-0.3, -0.25) is 4.79 Å². The van der Waals surface area contributed by atoms with Gasteiger partial charge in [-0.15, -0.1) is 0 Å². The van der Waals surface area contributed by atoms with E-state index < -0.39 is 17.9 Å². The lowest BCUT2D eigenvalue weighted by Crippen LogP contribution is -2.42. The number of carbonyl (C=O) groups is 2. The largest absolute Gasteiger partial charge is 0.480 e. The Morgan fingerprint density at radius 1 is 1.21 bits per heavy atom. The highest BCUT2D eigenvalue weighted by Crippen LogP contribution is 2.25. The third-order valence-electron chi connectivity index (χ3n) is 3.97. The number of furan rings is 1. The minimum atomic E-state index is -1.11. The molecule has 7 heteroatoms. The summed E-state index contributed by atoms with van der Waals surface area (Å²) in [7, 11) is 0. The number of nitrogens with one attached hydrogen (secondary N) is 1. The topological polar surface area (TPSA) is 88.8 Å². The fourth-order valence-corrected chi connectivity index (χ4v) is 2.56. The summed E-state index contributed by atoms with van der Waals surface area (Å²) < 4.78 is 24.9. The fraction of sp³-hybridized carbons (Fsp3) is 0.429. The molecule has 152 valence electrons. The number of ether oxygens (including phenoxy) is 1. The molecule has 0 bridgehead atoms. The number of halogens is 1. The Kier molecular flexibility index (Phi) is 7.34. The molecule has 0 aliphatic heterocycles. The molecule has 0 spiro atoms. The highest BCUT2D eigenvalue weighted by Gasteiger charge is 2.21. The second kappa shape index (κ2) is 9.50. The number of hydrogen-bond acceptors (Lipinski definition) is 4. The van der Waals surface area contributed by atoms with Gasteiger partial charge in [-0.05, 0) is 45.0 Å². The fourth-order valence-electron chi connectivity index (χ4n) is 2.56. The van der Waals surface area contributed by atoms with Crippen molar-refractivity contribution in [2.24, 2.45) is 0 Å². The van der Waals surface area contributed by atoms with Crippen molar-refractivity contribution >= 4 is 11.9 Å². The summed E-state index contributed by atoms with van der Waals surface area (Å²) in [5.41, 5.74) is -0.0227. The van der Waals surface area contributed by atoms with Crippen LogP contribution in [-0.4, -0.2) is 35.2 Å². The van der Waals surface area contributed by atoms with Crippen LogP contribution in [0.5, 0.6) is 0 Å². The third kappa shape index (κ3) is 6.81. The molecule has 6 nitrogen and oxygen atoms in total. The van der Waals surface area contributed by atoms with Gasteiger partial charge in [-0.25, -0.2) is 9.18 Å². The lowest BCUT2D eigenvalue weighted by atomic mass is 10.1. The first kappa shape index (κ1) is 21.6.